The SMILES string of the molecule is CCOC(=O)CN(Cc1ccc(OC)cc1OC)Cc1nc(-c2ccc(F)c(Cl)c2)sc1C(=O)OCC. The molecule has 0 N–H and O–H groups in total. The number of aromatic nitrogens is 1. The van der Waals surface area contributed by atoms with Crippen molar-refractivity contribution in [3.8, 4) is 22.1 Å². The van der Waals surface area contributed by atoms with Gasteiger partial charge in [0.25, 0.3) is 0 Å². The van der Waals surface area contributed by atoms with E-state index in [1.165, 1.54) is 18.2 Å². The second kappa shape index (κ2) is 13.4. The first kappa shape index (κ1) is 28.4. The number of thiazole rings is 1. The highest BCUT2D eigenvalue weighted by molar-refractivity contribution is 7.17. The van der Waals surface area contributed by atoms with Gasteiger partial charge in [0, 0.05) is 30.3 Å². The van der Waals surface area contributed by atoms with Crippen LogP contribution in [0.4, 0.5) is 4.39 Å². The number of benzene rings is 2. The van der Waals surface area contributed by atoms with Gasteiger partial charge in [-0.15, -0.1) is 11.3 Å². The summed E-state index contributed by atoms with van der Waals surface area (Å²) >= 11 is 7.08. The Morgan fingerprint density at radius 3 is 2.43 bits per heavy atom. The van der Waals surface area contributed by atoms with Crippen molar-refractivity contribution in [1.29, 1.82) is 0 Å². The summed E-state index contributed by atoms with van der Waals surface area (Å²) in [5.74, 6) is -0.300. The van der Waals surface area contributed by atoms with E-state index in [0.717, 1.165) is 16.9 Å². The molecule has 0 aliphatic rings. The van der Waals surface area contributed by atoms with Crippen LogP contribution in [0.25, 0.3) is 10.6 Å². The molecular weight excluding hydrogens is 523 g/mol. The van der Waals surface area contributed by atoms with Crippen LogP contribution in [0.2, 0.25) is 5.02 Å². The highest BCUT2D eigenvalue weighted by Gasteiger charge is 2.24. The fourth-order valence-electron chi connectivity index (χ4n) is 3.56. The number of hydrogen-bond donors (Lipinski definition) is 0. The predicted molar refractivity (Wildman–Crippen MR) is 139 cm³/mol. The fraction of sp³-hybridized carbons (Fsp3) is 0.346. The highest BCUT2D eigenvalue weighted by Crippen LogP contribution is 2.33. The van der Waals surface area contributed by atoms with Gasteiger partial charge in [0.15, 0.2) is 0 Å². The molecule has 0 amide bonds. The average molecular weight is 551 g/mol. The van der Waals surface area contributed by atoms with Crippen LogP contribution in [0, 0.1) is 5.82 Å². The molecule has 0 fully saturated rings. The molecule has 3 aromatic rings. The minimum absolute atomic E-state index is 0.0533. The van der Waals surface area contributed by atoms with E-state index in [1.54, 1.807) is 45.1 Å². The van der Waals surface area contributed by atoms with Gasteiger partial charge in [-0.2, -0.15) is 0 Å². The summed E-state index contributed by atoms with van der Waals surface area (Å²) < 4.78 is 34.9. The van der Waals surface area contributed by atoms with Crippen molar-refractivity contribution < 1.29 is 32.9 Å². The highest BCUT2D eigenvalue weighted by atomic mass is 35.5. The fourth-order valence-corrected chi connectivity index (χ4v) is 4.70. The van der Waals surface area contributed by atoms with Crippen LogP contribution in [0.5, 0.6) is 11.5 Å². The van der Waals surface area contributed by atoms with E-state index in [-0.39, 0.29) is 36.2 Å². The zero-order chi connectivity index (χ0) is 26.9. The molecule has 1 heterocycles. The lowest BCUT2D eigenvalue weighted by Gasteiger charge is -2.22. The third-order valence-corrected chi connectivity index (χ3v) is 6.66. The molecule has 0 saturated carbocycles. The molecule has 11 heteroatoms. The van der Waals surface area contributed by atoms with E-state index in [4.69, 9.17) is 30.5 Å². The Hall–Kier alpha value is -3.21. The zero-order valence-electron chi connectivity index (χ0n) is 21.0. The van der Waals surface area contributed by atoms with Gasteiger partial charge in [-0.1, -0.05) is 17.7 Å². The molecule has 0 atom stereocenters. The van der Waals surface area contributed by atoms with Crippen LogP contribution in [-0.4, -0.2) is 55.8 Å². The lowest BCUT2D eigenvalue weighted by Crippen LogP contribution is -2.31. The van der Waals surface area contributed by atoms with Gasteiger partial charge in [0.05, 0.1) is 44.7 Å². The normalized spacial score (nSPS) is 10.9. The van der Waals surface area contributed by atoms with Gasteiger partial charge in [-0.25, -0.2) is 14.2 Å². The summed E-state index contributed by atoms with van der Waals surface area (Å²) in [5.41, 5.74) is 1.77. The number of hydrogen-bond acceptors (Lipinski definition) is 9. The van der Waals surface area contributed by atoms with Crippen molar-refractivity contribution in [2.24, 2.45) is 0 Å². The Morgan fingerprint density at radius 2 is 1.78 bits per heavy atom. The maximum Gasteiger partial charge on any atom is 0.350 e. The molecule has 37 heavy (non-hydrogen) atoms. The second-order valence-corrected chi connectivity index (χ2v) is 9.18. The number of carbonyl (C=O) groups is 2. The largest absolute Gasteiger partial charge is 0.497 e. The van der Waals surface area contributed by atoms with Crippen LogP contribution in [-0.2, 0) is 27.4 Å². The quantitative estimate of drug-likeness (QED) is 0.278. The van der Waals surface area contributed by atoms with E-state index in [2.05, 4.69) is 4.98 Å². The van der Waals surface area contributed by atoms with Crippen molar-refractivity contribution in [2.75, 3.05) is 34.0 Å². The minimum Gasteiger partial charge on any atom is -0.497 e. The summed E-state index contributed by atoms with van der Waals surface area (Å²) in [5, 5.41) is 0.417. The third kappa shape index (κ3) is 7.41. The first-order valence-electron chi connectivity index (χ1n) is 11.5. The Kier molecular flexibility index (Phi) is 10.2. The van der Waals surface area contributed by atoms with Gasteiger partial charge in [0.1, 0.15) is 27.2 Å². The number of esters is 2. The first-order valence-corrected chi connectivity index (χ1v) is 12.7. The minimum atomic E-state index is -0.554. The van der Waals surface area contributed by atoms with Gasteiger partial charge in [0.2, 0.25) is 0 Å². The number of ether oxygens (including phenoxy) is 4. The zero-order valence-corrected chi connectivity index (χ0v) is 22.6. The summed E-state index contributed by atoms with van der Waals surface area (Å²) in [7, 11) is 3.11. The molecular formula is C26H28ClFN2O6S. The number of rotatable bonds is 12. The first-order chi connectivity index (χ1) is 17.8. The van der Waals surface area contributed by atoms with Gasteiger partial charge in [-0.05, 0) is 38.1 Å². The van der Waals surface area contributed by atoms with E-state index in [9.17, 15) is 14.0 Å². The lowest BCUT2D eigenvalue weighted by molar-refractivity contribution is -0.144. The average Bonchev–Trinajstić information content (AvgIpc) is 3.30. The maximum absolute atomic E-state index is 13.7. The Bertz CT molecular complexity index is 1250. The monoisotopic (exact) mass is 550 g/mol. The van der Waals surface area contributed by atoms with E-state index in [0.29, 0.717) is 34.3 Å². The van der Waals surface area contributed by atoms with Crippen molar-refractivity contribution in [3.05, 3.63) is 63.4 Å². The Balaban J connectivity index is 1.99. The molecule has 0 radical (unpaired) electrons. The van der Waals surface area contributed by atoms with Crippen molar-refractivity contribution in [2.45, 2.75) is 26.9 Å². The predicted octanol–water partition coefficient (Wildman–Crippen LogP) is 5.36. The van der Waals surface area contributed by atoms with Crippen LogP contribution in [0.3, 0.4) is 0 Å². The number of nitrogens with zero attached hydrogens (tertiary/aromatic N) is 2. The Morgan fingerprint density at radius 1 is 1.03 bits per heavy atom. The summed E-state index contributed by atoms with van der Waals surface area (Å²) in [6.07, 6.45) is 0. The molecule has 0 spiro atoms. The number of carbonyl (C=O) groups excluding carboxylic acids is 2. The van der Waals surface area contributed by atoms with Crippen molar-refractivity contribution >= 4 is 34.9 Å². The van der Waals surface area contributed by atoms with Gasteiger partial charge in [-0.3, -0.25) is 9.69 Å². The van der Waals surface area contributed by atoms with Gasteiger partial charge < -0.3 is 18.9 Å². The van der Waals surface area contributed by atoms with Crippen molar-refractivity contribution in [1.82, 2.24) is 9.88 Å². The molecule has 1 aromatic heterocycles. The molecule has 0 unspecified atom stereocenters. The van der Waals surface area contributed by atoms with Crippen LogP contribution >= 0.6 is 22.9 Å². The Labute approximate surface area is 223 Å². The summed E-state index contributed by atoms with van der Waals surface area (Å²) in [4.78, 5) is 31.9. The molecule has 0 aliphatic carbocycles. The van der Waals surface area contributed by atoms with Crippen molar-refractivity contribution in [3.63, 3.8) is 0 Å². The second-order valence-electron chi connectivity index (χ2n) is 7.77. The summed E-state index contributed by atoms with van der Waals surface area (Å²) in [6, 6.07) is 9.62. The maximum atomic E-state index is 13.7. The number of halogens is 2. The molecule has 0 aliphatic heterocycles. The van der Waals surface area contributed by atoms with E-state index < -0.39 is 17.8 Å². The molecule has 0 saturated heterocycles. The van der Waals surface area contributed by atoms with Crippen LogP contribution < -0.4 is 9.47 Å². The molecule has 198 valence electrons. The van der Waals surface area contributed by atoms with Crippen LogP contribution in [0.15, 0.2) is 36.4 Å². The van der Waals surface area contributed by atoms with Gasteiger partial charge >= 0.3 is 11.9 Å². The topological polar surface area (TPSA) is 87.2 Å². The summed E-state index contributed by atoms with van der Waals surface area (Å²) in [6.45, 7) is 4.23. The standard InChI is InChI=1S/C26H28ClFN2O6S/c1-5-35-23(31)15-30(13-17-7-9-18(33-3)12-22(17)34-4)14-21-24(26(32)36-6-2)37-25(29-21)16-8-10-20(28)19(27)11-16/h7-12H,5-6,13-15H2,1-4H3. The molecule has 3 rings (SSSR count). The van der Waals surface area contributed by atoms with E-state index in [1.807, 2.05) is 6.07 Å². The molecule has 8 nitrogen and oxygen atoms in total. The lowest BCUT2D eigenvalue weighted by atomic mass is 10.1. The number of methoxy groups -OCH3 is 2. The molecule has 0 bridgehead atoms. The molecule has 2 aromatic carbocycles. The van der Waals surface area contributed by atoms with E-state index >= 15 is 0 Å². The van der Waals surface area contributed by atoms with Crippen LogP contribution in [0.1, 0.15) is 34.8 Å². The smallest absolute Gasteiger partial charge is 0.350 e. The third-order valence-electron chi connectivity index (χ3n) is 5.24.